The summed E-state index contributed by atoms with van der Waals surface area (Å²) in [6.45, 7) is 7.77. The van der Waals surface area contributed by atoms with Gasteiger partial charge >= 0.3 is 0 Å². The van der Waals surface area contributed by atoms with E-state index in [-0.39, 0.29) is 0 Å². The van der Waals surface area contributed by atoms with Crippen molar-refractivity contribution < 1.29 is 0 Å². The Kier molecular flexibility index (Phi) is 4.66. The van der Waals surface area contributed by atoms with Gasteiger partial charge in [-0.2, -0.15) is 0 Å². The zero-order chi connectivity index (χ0) is 13.0. The highest BCUT2D eigenvalue weighted by molar-refractivity contribution is 7.17. The van der Waals surface area contributed by atoms with E-state index in [1.54, 1.807) is 17.7 Å². The Morgan fingerprint density at radius 2 is 2.17 bits per heavy atom. The quantitative estimate of drug-likeness (QED) is 0.865. The molecular weight excluding hydrogens is 242 g/mol. The van der Waals surface area contributed by atoms with Gasteiger partial charge < -0.3 is 5.32 Å². The minimum atomic E-state index is 0.422. The molecule has 0 aliphatic heterocycles. The van der Waals surface area contributed by atoms with Gasteiger partial charge in [-0.15, -0.1) is 11.3 Å². The molecule has 0 fully saturated rings. The average molecular weight is 263 g/mol. The lowest BCUT2D eigenvalue weighted by atomic mass is 9.95. The third-order valence-corrected chi connectivity index (χ3v) is 4.33. The number of aromatic nitrogens is 2. The molecule has 3 nitrogen and oxygen atoms in total. The first-order chi connectivity index (χ1) is 8.77. The maximum atomic E-state index is 4.52. The van der Waals surface area contributed by atoms with E-state index < -0.39 is 0 Å². The molecule has 18 heavy (non-hydrogen) atoms. The maximum absolute atomic E-state index is 4.52. The molecule has 0 saturated heterocycles. The standard InChI is InChI=1S/C14H21N3S/c1-4-7-15-11(5-2)10(3)13-14-12(6-8-18-14)16-9-17-13/h6,8-11,15H,4-5,7H2,1-3H3. The number of hydrogen-bond acceptors (Lipinski definition) is 4. The fourth-order valence-corrected chi connectivity index (χ4v) is 3.26. The fourth-order valence-electron chi connectivity index (χ4n) is 2.33. The molecule has 0 saturated carbocycles. The van der Waals surface area contributed by atoms with Crippen molar-refractivity contribution in [3.63, 3.8) is 0 Å². The molecule has 0 amide bonds. The molecule has 98 valence electrons. The number of hydrogen-bond donors (Lipinski definition) is 1. The van der Waals surface area contributed by atoms with E-state index in [0.29, 0.717) is 12.0 Å². The van der Waals surface area contributed by atoms with Gasteiger partial charge in [0.1, 0.15) is 6.33 Å². The molecule has 0 aromatic carbocycles. The molecule has 2 rings (SSSR count). The van der Waals surface area contributed by atoms with Crippen molar-refractivity contribution in [1.82, 2.24) is 15.3 Å². The minimum Gasteiger partial charge on any atom is -0.313 e. The van der Waals surface area contributed by atoms with Gasteiger partial charge in [0.15, 0.2) is 0 Å². The van der Waals surface area contributed by atoms with E-state index in [4.69, 9.17) is 0 Å². The van der Waals surface area contributed by atoms with E-state index in [1.165, 1.54) is 16.8 Å². The van der Waals surface area contributed by atoms with Crippen LogP contribution < -0.4 is 5.32 Å². The zero-order valence-electron chi connectivity index (χ0n) is 11.3. The number of nitrogens with one attached hydrogen (secondary N) is 1. The molecule has 0 spiro atoms. The lowest BCUT2D eigenvalue weighted by molar-refractivity contribution is 0.434. The summed E-state index contributed by atoms with van der Waals surface area (Å²) in [6.07, 6.45) is 3.98. The van der Waals surface area contributed by atoms with Crippen LogP contribution in [0.15, 0.2) is 17.8 Å². The summed E-state index contributed by atoms with van der Waals surface area (Å²) in [5.74, 6) is 0.422. The monoisotopic (exact) mass is 263 g/mol. The SMILES string of the molecule is CCCNC(CC)C(C)c1ncnc2ccsc12. The van der Waals surface area contributed by atoms with Gasteiger partial charge in [0.2, 0.25) is 0 Å². The van der Waals surface area contributed by atoms with Crippen LogP contribution in [0.3, 0.4) is 0 Å². The lowest BCUT2D eigenvalue weighted by Crippen LogP contribution is -2.34. The van der Waals surface area contributed by atoms with Crippen LogP contribution in [-0.4, -0.2) is 22.6 Å². The van der Waals surface area contributed by atoms with Crippen LogP contribution in [-0.2, 0) is 0 Å². The van der Waals surface area contributed by atoms with Crippen molar-refractivity contribution in [3.05, 3.63) is 23.5 Å². The highest BCUT2D eigenvalue weighted by Crippen LogP contribution is 2.29. The van der Waals surface area contributed by atoms with E-state index in [0.717, 1.165) is 18.5 Å². The Bertz CT molecular complexity index is 494. The van der Waals surface area contributed by atoms with Gasteiger partial charge in [0, 0.05) is 12.0 Å². The third-order valence-electron chi connectivity index (χ3n) is 3.40. The van der Waals surface area contributed by atoms with Crippen LogP contribution in [0.4, 0.5) is 0 Å². The maximum Gasteiger partial charge on any atom is 0.116 e. The summed E-state index contributed by atoms with van der Waals surface area (Å²) in [6, 6.07) is 2.56. The molecular formula is C14H21N3S. The second-order valence-electron chi connectivity index (χ2n) is 4.65. The number of nitrogens with zero attached hydrogens (tertiary/aromatic N) is 2. The third kappa shape index (κ3) is 2.70. The van der Waals surface area contributed by atoms with E-state index in [1.807, 2.05) is 0 Å². The van der Waals surface area contributed by atoms with E-state index in [2.05, 4.69) is 47.5 Å². The summed E-state index contributed by atoms with van der Waals surface area (Å²) in [5, 5.41) is 5.71. The Balaban J connectivity index is 2.25. The van der Waals surface area contributed by atoms with Gasteiger partial charge in [0.05, 0.1) is 15.9 Å². The number of fused-ring (bicyclic) bond motifs is 1. The molecule has 2 heterocycles. The van der Waals surface area contributed by atoms with Gasteiger partial charge in [-0.25, -0.2) is 9.97 Å². The van der Waals surface area contributed by atoms with E-state index >= 15 is 0 Å². The number of thiophene rings is 1. The van der Waals surface area contributed by atoms with Gasteiger partial charge in [0.25, 0.3) is 0 Å². The van der Waals surface area contributed by atoms with Crippen molar-refractivity contribution in [3.8, 4) is 0 Å². The summed E-state index contributed by atoms with van der Waals surface area (Å²) in [5.41, 5.74) is 2.26. The van der Waals surface area contributed by atoms with Crippen molar-refractivity contribution in [2.24, 2.45) is 0 Å². The Morgan fingerprint density at radius 1 is 1.33 bits per heavy atom. The molecule has 2 unspecified atom stereocenters. The molecule has 2 atom stereocenters. The smallest absolute Gasteiger partial charge is 0.116 e. The molecule has 4 heteroatoms. The van der Waals surface area contributed by atoms with Crippen LogP contribution >= 0.6 is 11.3 Å². The number of rotatable bonds is 6. The molecule has 2 aromatic rings. The molecule has 0 radical (unpaired) electrons. The Labute approximate surface area is 113 Å². The van der Waals surface area contributed by atoms with E-state index in [9.17, 15) is 0 Å². The molecule has 1 N–H and O–H groups in total. The predicted molar refractivity (Wildman–Crippen MR) is 78.2 cm³/mol. The predicted octanol–water partition coefficient (Wildman–Crippen LogP) is 3.57. The molecule has 0 bridgehead atoms. The van der Waals surface area contributed by atoms with Crippen LogP contribution in [0.5, 0.6) is 0 Å². The first-order valence-corrected chi connectivity index (χ1v) is 7.57. The highest BCUT2D eigenvalue weighted by Gasteiger charge is 2.20. The summed E-state index contributed by atoms with van der Waals surface area (Å²) < 4.78 is 1.24. The van der Waals surface area contributed by atoms with Crippen LogP contribution in [0, 0.1) is 0 Å². The Morgan fingerprint density at radius 3 is 2.89 bits per heavy atom. The molecule has 2 aromatic heterocycles. The largest absolute Gasteiger partial charge is 0.313 e. The first kappa shape index (κ1) is 13.4. The molecule has 0 aliphatic carbocycles. The lowest BCUT2D eigenvalue weighted by Gasteiger charge is -2.23. The highest BCUT2D eigenvalue weighted by atomic mass is 32.1. The average Bonchev–Trinajstić information content (AvgIpc) is 2.87. The fraction of sp³-hybridized carbons (Fsp3) is 0.571. The van der Waals surface area contributed by atoms with Crippen LogP contribution in [0.2, 0.25) is 0 Å². The zero-order valence-corrected chi connectivity index (χ0v) is 12.1. The summed E-state index contributed by atoms with van der Waals surface area (Å²) in [7, 11) is 0. The van der Waals surface area contributed by atoms with Crippen molar-refractivity contribution in [2.45, 2.75) is 45.6 Å². The topological polar surface area (TPSA) is 37.8 Å². The Hall–Kier alpha value is -1.000. The second kappa shape index (κ2) is 6.25. The minimum absolute atomic E-state index is 0.422. The van der Waals surface area contributed by atoms with Gasteiger partial charge in [-0.1, -0.05) is 20.8 Å². The summed E-state index contributed by atoms with van der Waals surface area (Å²) >= 11 is 1.74. The second-order valence-corrected chi connectivity index (χ2v) is 5.57. The van der Waals surface area contributed by atoms with Crippen LogP contribution in [0.25, 0.3) is 10.2 Å². The van der Waals surface area contributed by atoms with Crippen molar-refractivity contribution in [2.75, 3.05) is 6.54 Å². The van der Waals surface area contributed by atoms with Crippen molar-refractivity contribution in [1.29, 1.82) is 0 Å². The first-order valence-electron chi connectivity index (χ1n) is 6.69. The normalized spacial score (nSPS) is 14.8. The molecule has 0 aliphatic rings. The van der Waals surface area contributed by atoms with Crippen molar-refractivity contribution >= 4 is 21.6 Å². The van der Waals surface area contributed by atoms with Gasteiger partial charge in [-0.3, -0.25) is 0 Å². The summed E-state index contributed by atoms with van der Waals surface area (Å²) in [4.78, 5) is 8.83. The van der Waals surface area contributed by atoms with Crippen LogP contribution in [0.1, 0.15) is 45.2 Å². The van der Waals surface area contributed by atoms with Gasteiger partial charge in [-0.05, 0) is 30.8 Å².